The van der Waals surface area contributed by atoms with Crippen LogP contribution in [0, 0.1) is 0 Å². The Hall–Kier alpha value is -3.58. The molecule has 0 spiro atoms. The highest BCUT2D eigenvalue weighted by Gasteiger charge is 2.40. The lowest BCUT2D eigenvalue weighted by molar-refractivity contribution is 1.68. The minimum Gasteiger partial charge on any atom is -0.0664 e. The topological polar surface area (TPSA) is 0 Å². The molecule has 0 aliphatic carbocycles. The lowest BCUT2D eigenvalue weighted by Crippen LogP contribution is -2.51. The molecule has 0 bridgehead atoms. The summed E-state index contributed by atoms with van der Waals surface area (Å²) in [5.41, 5.74) is 10.0. The van der Waals surface area contributed by atoms with Crippen LogP contribution in [-0.2, 0) is 0 Å². The summed E-state index contributed by atoms with van der Waals surface area (Å²) in [5.74, 6) is 0. The van der Waals surface area contributed by atoms with Gasteiger partial charge in [0, 0.05) is 0 Å². The van der Waals surface area contributed by atoms with Crippen LogP contribution < -0.4 is 16.4 Å². The van der Waals surface area contributed by atoms with Crippen molar-refractivity contribution in [3.63, 3.8) is 0 Å². The highest BCUT2D eigenvalue weighted by Crippen LogP contribution is 2.42. The van der Waals surface area contributed by atoms with Gasteiger partial charge in [-0.05, 0) is 54.6 Å². The quantitative estimate of drug-likeness (QED) is 0.261. The van der Waals surface area contributed by atoms with Crippen molar-refractivity contribution in [3.05, 3.63) is 91.0 Å². The Balaban J connectivity index is 1.69. The van der Waals surface area contributed by atoms with Crippen molar-refractivity contribution in [2.24, 2.45) is 0 Å². The maximum Gasteiger partial charge on any atom is 0.244 e. The van der Waals surface area contributed by atoms with Crippen molar-refractivity contribution >= 4 is 55.4 Å². The fraction of sp³-hybridized carbons (Fsp3) is 0. The van der Waals surface area contributed by atoms with Gasteiger partial charge in [-0.25, -0.2) is 0 Å². The number of rotatable bonds is 0. The van der Waals surface area contributed by atoms with E-state index >= 15 is 0 Å². The molecule has 0 amide bonds. The first-order valence-electron chi connectivity index (χ1n) is 10.3. The average Bonchev–Trinajstić information content (AvgIpc) is 3.12. The summed E-state index contributed by atoms with van der Waals surface area (Å²) in [6.07, 6.45) is 0. The zero-order chi connectivity index (χ0) is 18.7. The largest absolute Gasteiger partial charge is 0.244 e. The highest BCUT2D eigenvalue weighted by molar-refractivity contribution is 7.02. The fourth-order valence-corrected chi connectivity index (χ4v) is 6.15. The van der Waals surface area contributed by atoms with E-state index in [0.29, 0.717) is 6.71 Å². The van der Waals surface area contributed by atoms with Crippen LogP contribution in [0.5, 0.6) is 0 Å². The molecule has 6 aromatic carbocycles. The molecular formula is C28H15B. The molecule has 0 saturated carbocycles. The van der Waals surface area contributed by atoms with Gasteiger partial charge in [0.15, 0.2) is 0 Å². The number of benzene rings is 6. The summed E-state index contributed by atoms with van der Waals surface area (Å²) in [4.78, 5) is 0. The fourth-order valence-electron chi connectivity index (χ4n) is 6.15. The Morgan fingerprint density at radius 2 is 1.10 bits per heavy atom. The zero-order valence-electron chi connectivity index (χ0n) is 15.7. The smallest absolute Gasteiger partial charge is 0.0664 e. The molecule has 2 aliphatic rings. The summed E-state index contributed by atoms with van der Waals surface area (Å²) in [5, 5.41) is 8.35. The maximum absolute atomic E-state index is 2.47. The standard InChI is InChI=1S/C28H15B/c1-2-10-23-19(7-1)21-8-4-9-22-20-14-13-17-12-11-16-5-3-6-18-15-24(29(23)28(21)22)27(20)26(17)25(16)18/h1-15H. The summed E-state index contributed by atoms with van der Waals surface area (Å²) < 4.78 is 0. The number of hydrogen-bond acceptors (Lipinski definition) is 0. The van der Waals surface area contributed by atoms with Gasteiger partial charge in [0.05, 0.1) is 0 Å². The first-order valence-corrected chi connectivity index (χ1v) is 10.3. The average molecular weight is 362 g/mol. The summed E-state index contributed by atoms with van der Waals surface area (Å²) in [7, 11) is 0. The minimum absolute atomic E-state index is 0.333. The van der Waals surface area contributed by atoms with E-state index in [-0.39, 0.29) is 0 Å². The molecule has 0 unspecified atom stereocenters. The number of hydrogen-bond donors (Lipinski definition) is 0. The first kappa shape index (κ1) is 14.4. The molecule has 0 aromatic heterocycles. The normalized spacial score (nSPS) is 13.4. The van der Waals surface area contributed by atoms with Crippen LogP contribution in [-0.4, -0.2) is 6.71 Å². The Bertz CT molecular complexity index is 1660. The molecule has 0 atom stereocenters. The Morgan fingerprint density at radius 1 is 0.414 bits per heavy atom. The molecule has 0 radical (unpaired) electrons. The third-order valence-electron chi connectivity index (χ3n) is 7.22. The SMILES string of the molecule is c1ccc2c(c1)B1c3c-2cccc3-c2ccc3ccc4cccc5cc1c2c3c45. The van der Waals surface area contributed by atoms with E-state index in [1.165, 1.54) is 71.0 Å². The van der Waals surface area contributed by atoms with Crippen LogP contribution in [0.3, 0.4) is 0 Å². The summed E-state index contributed by atoms with van der Waals surface area (Å²) >= 11 is 0. The second-order valence-corrected chi connectivity index (χ2v) is 8.48. The van der Waals surface area contributed by atoms with Gasteiger partial charge in [-0.15, -0.1) is 0 Å². The minimum atomic E-state index is 0.333. The van der Waals surface area contributed by atoms with Gasteiger partial charge in [-0.1, -0.05) is 107 Å². The van der Waals surface area contributed by atoms with Crippen LogP contribution in [0.25, 0.3) is 54.6 Å². The van der Waals surface area contributed by atoms with Crippen molar-refractivity contribution < 1.29 is 0 Å². The van der Waals surface area contributed by atoms with Crippen molar-refractivity contribution in [3.8, 4) is 22.3 Å². The van der Waals surface area contributed by atoms with Gasteiger partial charge in [0.2, 0.25) is 6.71 Å². The lowest BCUT2D eigenvalue weighted by atomic mass is 9.35. The Kier molecular flexibility index (Phi) is 2.34. The van der Waals surface area contributed by atoms with E-state index in [4.69, 9.17) is 0 Å². The highest BCUT2D eigenvalue weighted by atomic mass is 14.3. The van der Waals surface area contributed by atoms with Crippen molar-refractivity contribution in [2.75, 3.05) is 0 Å². The molecule has 2 heterocycles. The number of fused-ring (bicyclic) bond motifs is 5. The van der Waals surface area contributed by atoms with Crippen molar-refractivity contribution in [1.29, 1.82) is 0 Å². The van der Waals surface area contributed by atoms with Crippen molar-refractivity contribution in [2.45, 2.75) is 0 Å². The molecule has 29 heavy (non-hydrogen) atoms. The lowest BCUT2D eigenvalue weighted by Gasteiger charge is -2.27. The molecule has 0 saturated heterocycles. The summed E-state index contributed by atoms with van der Waals surface area (Å²) in [6, 6.07) is 34.3. The molecule has 130 valence electrons. The monoisotopic (exact) mass is 362 g/mol. The molecular weight excluding hydrogens is 347 g/mol. The second kappa shape index (κ2) is 4.70. The maximum atomic E-state index is 2.47. The first-order chi connectivity index (χ1) is 14.4. The third-order valence-corrected chi connectivity index (χ3v) is 7.22. The van der Waals surface area contributed by atoms with E-state index in [1.54, 1.807) is 0 Å². The van der Waals surface area contributed by atoms with Gasteiger partial charge in [0.1, 0.15) is 0 Å². The predicted octanol–water partition coefficient (Wildman–Crippen LogP) is 5.06. The molecule has 8 rings (SSSR count). The van der Waals surface area contributed by atoms with E-state index in [0.717, 1.165) is 0 Å². The molecule has 6 aromatic rings. The second-order valence-electron chi connectivity index (χ2n) is 8.48. The van der Waals surface area contributed by atoms with E-state index in [2.05, 4.69) is 91.0 Å². The molecule has 2 aliphatic heterocycles. The third kappa shape index (κ3) is 1.54. The van der Waals surface area contributed by atoms with Crippen LogP contribution in [0.4, 0.5) is 0 Å². The predicted molar refractivity (Wildman–Crippen MR) is 126 cm³/mol. The van der Waals surface area contributed by atoms with Crippen LogP contribution >= 0.6 is 0 Å². The van der Waals surface area contributed by atoms with Gasteiger partial charge in [-0.2, -0.15) is 0 Å². The zero-order valence-corrected chi connectivity index (χ0v) is 15.7. The Labute approximate surface area is 168 Å². The van der Waals surface area contributed by atoms with Crippen LogP contribution in [0.15, 0.2) is 91.0 Å². The summed E-state index contributed by atoms with van der Waals surface area (Å²) in [6.45, 7) is 0.333. The van der Waals surface area contributed by atoms with Gasteiger partial charge in [-0.3, -0.25) is 0 Å². The van der Waals surface area contributed by atoms with E-state index in [9.17, 15) is 0 Å². The van der Waals surface area contributed by atoms with Gasteiger partial charge >= 0.3 is 0 Å². The Morgan fingerprint density at radius 3 is 2.03 bits per heavy atom. The van der Waals surface area contributed by atoms with Gasteiger partial charge in [0.25, 0.3) is 0 Å². The van der Waals surface area contributed by atoms with Crippen LogP contribution in [0.1, 0.15) is 0 Å². The van der Waals surface area contributed by atoms with E-state index < -0.39 is 0 Å². The van der Waals surface area contributed by atoms with Crippen LogP contribution in [0.2, 0.25) is 0 Å². The molecule has 0 N–H and O–H groups in total. The molecule has 0 fully saturated rings. The molecule has 0 nitrogen and oxygen atoms in total. The van der Waals surface area contributed by atoms with Crippen molar-refractivity contribution in [1.82, 2.24) is 0 Å². The van der Waals surface area contributed by atoms with E-state index in [1.807, 2.05) is 0 Å². The molecule has 1 heteroatoms. The van der Waals surface area contributed by atoms with Gasteiger partial charge < -0.3 is 0 Å².